The van der Waals surface area contributed by atoms with Gasteiger partial charge in [-0.2, -0.15) is 0 Å². The lowest BCUT2D eigenvalue weighted by molar-refractivity contribution is 0.0692. The van der Waals surface area contributed by atoms with Crippen molar-refractivity contribution in [1.82, 2.24) is 14.5 Å². The first-order valence-electron chi connectivity index (χ1n) is 10.4. The van der Waals surface area contributed by atoms with Crippen LogP contribution in [0.3, 0.4) is 0 Å². The van der Waals surface area contributed by atoms with Gasteiger partial charge in [0.1, 0.15) is 5.69 Å². The summed E-state index contributed by atoms with van der Waals surface area (Å²) in [7, 11) is 0. The monoisotopic (exact) mass is 475 g/mol. The summed E-state index contributed by atoms with van der Waals surface area (Å²) in [5.41, 5.74) is 4.66. The highest BCUT2D eigenvalue weighted by Gasteiger charge is 2.27. The molecular formula is C26H19Cl2N3O2. The van der Waals surface area contributed by atoms with Crippen LogP contribution in [-0.2, 0) is 0 Å². The maximum atomic E-state index is 12.3. The number of hydrogen-bond acceptors (Lipinski definition) is 2. The number of aromatic nitrogens is 3. The molecule has 0 bridgehead atoms. The number of aromatic amines is 1. The number of nitrogens with one attached hydrogen (secondary N) is 1. The first kappa shape index (κ1) is 21.3. The van der Waals surface area contributed by atoms with Crippen molar-refractivity contribution in [2.24, 2.45) is 0 Å². The Bertz CT molecular complexity index is 1470. The number of fused-ring (bicyclic) bond motifs is 1. The van der Waals surface area contributed by atoms with Crippen molar-refractivity contribution in [3.63, 3.8) is 0 Å². The molecule has 5 rings (SSSR count). The molecule has 7 heteroatoms. The summed E-state index contributed by atoms with van der Waals surface area (Å²) < 4.78 is 2.01. The smallest absolute Gasteiger partial charge is 0.353 e. The lowest BCUT2D eigenvalue weighted by Gasteiger charge is -2.19. The van der Waals surface area contributed by atoms with Crippen molar-refractivity contribution in [2.75, 3.05) is 0 Å². The minimum Gasteiger partial charge on any atom is -0.477 e. The Kier molecular flexibility index (Phi) is 5.44. The average molecular weight is 476 g/mol. The molecule has 0 fully saturated rings. The van der Waals surface area contributed by atoms with E-state index in [1.807, 2.05) is 65.2 Å². The molecule has 0 aliphatic rings. The van der Waals surface area contributed by atoms with E-state index in [9.17, 15) is 9.90 Å². The van der Waals surface area contributed by atoms with E-state index in [0.29, 0.717) is 26.8 Å². The molecule has 33 heavy (non-hydrogen) atoms. The summed E-state index contributed by atoms with van der Waals surface area (Å²) in [6.07, 6.45) is 1.76. The Labute approximate surface area is 200 Å². The normalized spacial score (nSPS) is 12.2. The van der Waals surface area contributed by atoms with Crippen molar-refractivity contribution < 1.29 is 9.90 Å². The predicted octanol–water partition coefficient (Wildman–Crippen LogP) is 7.31. The van der Waals surface area contributed by atoms with Crippen LogP contribution < -0.4 is 0 Å². The van der Waals surface area contributed by atoms with E-state index in [2.05, 4.69) is 11.9 Å². The minimum absolute atomic E-state index is 0.0921. The minimum atomic E-state index is -1.05. The number of carbonyl (C=O) groups is 1. The van der Waals surface area contributed by atoms with Crippen LogP contribution in [0, 0.1) is 0 Å². The number of nitrogens with zero attached hydrogens (tertiary/aromatic N) is 2. The first-order valence-corrected chi connectivity index (χ1v) is 11.1. The number of hydrogen-bond donors (Lipinski definition) is 2. The molecule has 0 aliphatic heterocycles. The maximum absolute atomic E-state index is 12.3. The van der Waals surface area contributed by atoms with Crippen molar-refractivity contribution in [1.29, 1.82) is 0 Å². The molecule has 1 atom stereocenters. The second-order valence-corrected chi connectivity index (χ2v) is 8.69. The molecule has 2 N–H and O–H groups in total. The van der Waals surface area contributed by atoms with E-state index in [1.165, 1.54) is 0 Å². The summed E-state index contributed by atoms with van der Waals surface area (Å²) in [6.45, 7) is 2.05. The van der Waals surface area contributed by atoms with E-state index in [1.54, 1.807) is 18.5 Å². The molecule has 5 nitrogen and oxygen atoms in total. The molecule has 0 saturated carbocycles. The second kappa shape index (κ2) is 8.43. The van der Waals surface area contributed by atoms with Gasteiger partial charge in [0.25, 0.3) is 0 Å². The first-order chi connectivity index (χ1) is 15.9. The van der Waals surface area contributed by atoms with Gasteiger partial charge in [-0.3, -0.25) is 0 Å². The van der Waals surface area contributed by atoms with Crippen LogP contribution in [0.5, 0.6) is 0 Å². The van der Waals surface area contributed by atoms with Gasteiger partial charge in [0, 0.05) is 32.1 Å². The zero-order valence-electron chi connectivity index (χ0n) is 17.6. The van der Waals surface area contributed by atoms with Gasteiger partial charge in [0.2, 0.25) is 0 Å². The van der Waals surface area contributed by atoms with E-state index in [0.717, 1.165) is 22.2 Å². The number of benzene rings is 3. The van der Waals surface area contributed by atoms with Gasteiger partial charge < -0.3 is 14.7 Å². The summed E-state index contributed by atoms with van der Waals surface area (Å²) >= 11 is 12.3. The quantitative estimate of drug-likeness (QED) is 0.279. The molecule has 164 valence electrons. The van der Waals surface area contributed by atoms with Gasteiger partial charge in [-0.05, 0) is 36.8 Å². The summed E-state index contributed by atoms with van der Waals surface area (Å²) in [6, 6.07) is 22.6. The van der Waals surface area contributed by atoms with E-state index >= 15 is 0 Å². The fourth-order valence-electron chi connectivity index (χ4n) is 4.19. The average Bonchev–Trinajstić information content (AvgIpc) is 3.40. The third kappa shape index (κ3) is 3.80. The molecule has 2 aromatic heterocycles. The van der Waals surface area contributed by atoms with Gasteiger partial charge in [0.15, 0.2) is 0 Å². The molecule has 2 heterocycles. The number of carboxylic acids is 1. The zero-order chi connectivity index (χ0) is 23.1. The molecule has 0 amide bonds. The Morgan fingerprint density at radius 1 is 1.00 bits per heavy atom. The van der Waals surface area contributed by atoms with Crippen LogP contribution >= 0.6 is 23.2 Å². The van der Waals surface area contributed by atoms with Gasteiger partial charge >= 0.3 is 5.97 Å². The van der Waals surface area contributed by atoms with Crippen molar-refractivity contribution in [3.05, 3.63) is 100 Å². The Balaban J connectivity index is 1.83. The van der Waals surface area contributed by atoms with Crippen molar-refractivity contribution >= 4 is 40.1 Å². The van der Waals surface area contributed by atoms with Crippen LogP contribution in [0.15, 0.2) is 79.1 Å². The van der Waals surface area contributed by atoms with Crippen LogP contribution in [0.2, 0.25) is 10.0 Å². The molecule has 3 aromatic carbocycles. The van der Waals surface area contributed by atoms with Gasteiger partial charge in [0.05, 0.1) is 23.8 Å². The molecule has 0 unspecified atom stereocenters. The Hall–Kier alpha value is -3.54. The van der Waals surface area contributed by atoms with Gasteiger partial charge in [-0.1, -0.05) is 71.7 Å². The molecule has 0 saturated heterocycles. The van der Waals surface area contributed by atoms with Crippen molar-refractivity contribution in [3.8, 4) is 22.5 Å². The number of aromatic carboxylic acids is 1. The largest absolute Gasteiger partial charge is 0.477 e. The molecule has 5 aromatic rings. The Morgan fingerprint density at radius 2 is 1.70 bits per heavy atom. The summed E-state index contributed by atoms with van der Waals surface area (Å²) in [4.78, 5) is 20.1. The highest BCUT2D eigenvalue weighted by molar-refractivity contribution is 6.31. The molecular weight excluding hydrogens is 457 g/mol. The van der Waals surface area contributed by atoms with Crippen LogP contribution in [0.1, 0.15) is 29.0 Å². The highest BCUT2D eigenvalue weighted by Crippen LogP contribution is 2.41. The number of imidazole rings is 1. The van der Waals surface area contributed by atoms with Gasteiger partial charge in [-0.25, -0.2) is 9.78 Å². The fraction of sp³-hybridized carbons (Fsp3) is 0.0769. The maximum Gasteiger partial charge on any atom is 0.353 e. The van der Waals surface area contributed by atoms with Gasteiger partial charge in [-0.15, -0.1) is 0 Å². The number of carboxylic acid groups (broad SMARTS) is 1. The number of halogens is 2. The lowest BCUT2D eigenvalue weighted by atomic mass is 10.00. The summed E-state index contributed by atoms with van der Waals surface area (Å²) in [5, 5.41) is 12.0. The predicted molar refractivity (Wildman–Crippen MR) is 132 cm³/mol. The third-order valence-corrected chi connectivity index (χ3v) is 6.31. The third-order valence-electron chi connectivity index (χ3n) is 5.82. The molecule has 0 aliphatic carbocycles. The Morgan fingerprint density at radius 3 is 2.39 bits per heavy atom. The van der Waals surface area contributed by atoms with Crippen LogP contribution in [-0.4, -0.2) is 25.6 Å². The summed E-state index contributed by atoms with van der Waals surface area (Å²) in [5.74, 6) is -1.05. The van der Waals surface area contributed by atoms with E-state index in [4.69, 9.17) is 28.2 Å². The SMILES string of the molecule is C[C@@H](c1ccc(Cl)cc1)n1cnc(-c2ccccc2)c1-c1c(C(=O)O)[nH]c2cc(Cl)ccc12. The van der Waals surface area contributed by atoms with Crippen LogP contribution in [0.25, 0.3) is 33.4 Å². The number of H-pyrrole nitrogens is 1. The topological polar surface area (TPSA) is 70.9 Å². The molecule has 0 spiro atoms. The van der Waals surface area contributed by atoms with E-state index < -0.39 is 5.97 Å². The van der Waals surface area contributed by atoms with Crippen LogP contribution in [0.4, 0.5) is 0 Å². The standard InChI is InChI=1S/C26H19Cl2N3O2/c1-15(16-7-9-18(27)10-8-16)31-14-29-23(17-5-3-2-4-6-17)25(31)22-20-12-11-19(28)13-21(20)30-24(22)26(32)33/h2-15,30H,1H3,(H,32,33)/t15-/m0/s1. The second-order valence-electron chi connectivity index (χ2n) is 7.81. The van der Waals surface area contributed by atoms with Crippen molar-refractivity contribution in [2.45, 2.75) is 13.0 Å². The number of rotatable bonds is 5. The lowest BCUT2D eigenvalue weighted by Crippen LogP contribution is -2.09. The fourth-order valence-corrected chi connectivity index (χ4v) is 4.49. The highest BCUT2D eigenvalue weighted by atomic mass is 35.5. The van der Waals surface area contributed by atoms with E-state index in [-0.39, 0.29) is 11.7 Å². The zero-order valence-corrected chi connectivity index (χ0v) is 19.1. The molecule has 0 radical (unpaired) electrons.